The van der Waals surface area contributed by atoms with Gasteiger partial charge in [-0.05, 0) is 31.5 Å². The summed E-state index contributed by atoms with van der Waals surface area (Å²) in [5.41, 5.74) is 1.88. The second-order valence-electron chi connectivity index (χ2n) is 6.25. The second kappa shape index (κ2) is 11.9. The Hall–Kier alpha value is -1.68. The van der Waals surface area contributed by atoms with Crippen LogP contribution < -0.4 is 16.0 Å². The van der Waals surface area contributed by atoms with E-state index in [1.165, 1.54) is 4.88 Å². The summed E-state index contributed by atoms with van der Waals surface area (Å²) in [6, 6.07) is 7.77. The van der Waals surface area contributed by atoms with Crippen molar-refractivity contribution in [2.45, 2.75) is 40.8 Å². The number of amides is 1. The van der Waals surface area contributed by atoms with Crippen LogP contribution in [0.5, 0.6) is 0 Å². The first-order valence-corrected chi connectivity index (χ1v) is 9.63. The van der Waals surface area contributed by atoms with Crippen molar-refractivity contribution in [2.75, 3.05) is 11.9 Å². The van der Waals surface area contributed by atoms with Gasteiger partial charge in [-0.2, -0.15) is 0 Å². The van der Waals surface area contributed by atoms with Gasteiger partial charge in [0.15, 0.2) is 5.96 Å². The van der Waals surface area contributed by atoms with Crippen LogP contribution in [0.4, 0.5) is 5.69 Å². The highest BCUT2D eigenvalue weighted by atomic mass is 127. The molecule has 1 aromatic heterocycles. The molecule has 0 atom stereocenters. The van der Waals surface area contributed by atoms with Crippen molar-refractivity contribution in [1.82, 2.24) is 15.6 Å². The molecule has 6 nitrogen and oxygen atoms in total. The van der Waals surface area contributed by atoms with Crippen molar-refractivity contribution < 1.29 is 4.79 Å². The lowest BCUT2D eigenvalue weighted by molar-refractivity contribution is -0.118. The number of halogens is 1. The lowest BCUT2D eigenvalue weighted by Gasteiger charge is -2.10. The molecule has 1 aromatic carbocycles. The lowest BCUT2D eigenvalue weighted by Crippen LogP contribution is -2.36. The number of guanidine groups is 1. The number of nitrogens with one attached hydrogen (secondary N) is 3. The Bertz CT molecular complexity index is 743. The molecule has 0 aliphatic carbocycles. The maximum atomic E-state index is 11.7. The van der Waals surface area contributed by atoms with Crippen LogP contribution in [0.15, 0.2) is 35.5 Å². The molecule has 0 aliphatic rings. The predicted octanol–water partition coefficient (Wildman–Crippen LogP) is 3.92. The van der Waals surface area contributed by atoms with Crippen molar-refractivity contribution >= 4 is 52.9 Å². The Morgan fingerprint density at radius 3 is 2.48 bits per heavy atom. The zero-order valence-electron chi connectivity index (χ0n) is 16.2. The Labute approximate surface area is 182 Å². The zero-order valence-corrected chi connectivity index (χ0v) is 19.4. The summed E-state index contributed by atoms with van der Waals surface area (Å²) in [5, 5.41) is 10.5. The monoisotopic (exact) mass is 501 g/mol. The smallest absolute Gasteiger partial charge is 0.226 e. The van der Waals surface area contributed by atoms with Crippen molar-refractivity contribution in [3.8, 4) is 0 Å². The fourth-order valence-corrected chi connectivity index (χ4v) is 2.86. The molecular formula is C19H28IN5OS. The van der Waals surface area contributed by atoms with Gasteiger partial charge in [0.25, 0.3) is 0 Å². The lowest BCUT2D eigenvalue weighted by atomic mass is 10.2. The third-order valence-electron chi connectivity index (χ3n) is 3.59. The van der Waals surface area contributed by atoms with Crippen LogP contribution in [0, 0.1) is 12.8 Å². The van der Waals surface area contributed by atoms with E-state index in [1.807, 2.05) is 58.2 Å². The highest BCUT2D eigenvalue weighted by molar-refractivity contribution is 14.0. The van der Waals surface area contributed by atoms with Crippen molar-refractivity contribution in [1.29, 1.82) is 0 Å². The number of anilines is 1. The van der Waals surface area contributed by atoms with E-state index in [4.69, 9.17) is 0 Å². The Kier molecular flexibility index (Phi) is 10.3. The molecule has 2 aromatic rings. The number of rotatable bonds is 7. The molecule has 0 radical (unpaired) electrons. The summed E-state index contributed by atoms with van der Waals surface area (Å²) in [5.74, 6) is 0.749. The van der Waals surface area contributed by atoms with Crippen LogP contribution >= 0.6 is 35.3 Å². The minimum Gasteiger partial charge on any atom is -0.357 e. The fraction of sp³-hybridized carbons (Fsp3) is 0.421. The van der Waals surface area contributed by atoms with Crippen molar-refractivity contribution in [3.63, 3.8) is 0 Å². The molecule has 0 aliphatic heterocycles. The van der Waals surface area contributed by atoms with E-state index >= 15 is 0 Å². The van der Waals surface area contributed by atoms with Gasteiger partial charge in [-0.15, -0.1) is 35.3 Å². The van der Waals surface area contributed by atoms with Gasteiger partial charge in [0.2, 0.25) is 5.91 Å². The van der Waals surface area contributed by atoms with E-state index in [-0.39, 0.29) is 35.8 Å². The molecule has 0 unspecified atom stereocenters. The van der Waals surface area contributed by atoms with Gasteiger partial charge in [-0.25, -0.2) is 9.98 Å². The van der Waals surface area contributed by atoms with Gasteiger partial charge in [0, 0.05) is 29.2 Å². The first-order valence-electron chi connectivity index (χ1n) is 8.81. The topological polar surface area (TPSA) is 78.4 Å². The number of thiazole rings is 1. The molecule has 1 amide bonds. The van der Waals surface area contributed by atoms with E-state index in [1.54, 1.807) is 11.3 Å². The van der Waals surface area contributed by atoms with Crippen molar-refractivity contribution in [3.05, 3.63) is 45.9 Å². The number of hydrogen-bond donors (Lipinski definition) is 3. The van der Waals surface area contributed by atoms with Gasteiger partial charge in [0.05, 0.1) is 13.1 Å². The van der Waals surface area contributed by atoms with Crippen LogP contribution in [-0.2, 0) is 17.9 Å². The molecule has 0 saturated carbocycles. The van der Waals surface area contributed by atoms with Crippen LogP contribution in [0.1, 0.15) is 36.2 Å². The molecule has 27 heavy (non-hydrogen) atoms. The summed E-state index contributed by atoms with van der Waals surface area (Å²) in [6.07, 6.45) is 1.88. The number of carbonyl (C=O) groups is 1. The molecule has 1 heterocycles. The van der Waals surface area contributed by atoms with E-state index < -0.39 is 0 Å². The summed E-state index contributed by atoms with van der Waals surface area (Å²) in [6.45, 7) is 9.85. The van der Waals surface area contributed by atoms with Gasteiger partial charge >= 0.3 is 0 Å². The third-order valence-corrected chi connectivity index (χ3v) is 4.50. The summed E-state index contributed by atoms with van der Waals surface area (Å²) in [7, 11) is 0. The average molecular weight is 501 g/mol. The van der Waals surface area contributed by atoms with Crippen LogP contribution in [-0.4, -0.2) is 23.4 Å². The molecule has 2 rings (SSSR count). The molecule has 0 bridgehead atoms. The van der Waals surface area contributed by atoms with Gasteiger partial charge < -0.3 is 16.0 Å². The standard InChI is InChI=1S/C19H27N5OS.HI/c1-5-20-19(23-12-17-21-10-14(4)26-17)22-11-15-6-8-16(9-7-15)24-18(25)13(2)3;/h6-10,13H,5,11-12H2,1-4H3,(H,24,25)(H2,20,22,23);1H. The molecule has 148 valence electrons. The van der Waals surface area contributed by atoms with E-state index in [0.717, 1.165) is 28.8 Å². The second-order valence-corrected chi connectivity index (χ2v) is 7.57. The van der Waals surface area contributed by atoms with E-state index in [0.29, 0.717) is 13.1 Å². The van der Waals surface area contributed by atoms with Gasteiger partial charge in [0.1, 0.15) is 5.01 Å². The highest BCUT2D eigenvalue weighted by Gasteiger charge is 2.07. The fourth-order valence-electron chi connectivity index (χ4n) is 2.13. The maximum absolute atomic E-state index is 11.7. The van der Waals surface area contributed by atoms with Crippen LogP contribution in [0.3, 0.4) is 0 Å². The quantitative estimate of drug-likeness (QED) is 0.305. The number of nitrogens with zero attached hydrogens (tertiary/aromatic N) is 2. The SMILES string of the molecule is CCNC(=NCc1ccc(NC(=O)C(C)C)cc1)NCc1ncc(C)s1.I. The number of carbonyl (C=O) groups excluding carboxylic acids is 1. The minimum atomic E-state index is -0.0327. The van der Waals surface area contributed by atoms with Crippen LogP contribution in [0.25, 0.3) is 0 Å². The van der Waals surface area contributed by atoms with E-state index in [2.05, 4.69) is 25.9 Å². The molecule has 8 heteroatoms. The first kappa shape index (κ1) is 23.4. The van der Waals surface area contributed by atoms with Crippen LogP contribution in [0.2, 0.25) is 0 Å². The Morgan fingerprint density at radius 1 is 1.22 bits per heavy atom. The summed E-state index contributed by atoms with van der Waals surface area (Å²) in [4.78, 5) is 21.9. The number of aryl methyl sites for hydroxylation is 1. The number of benzene rings is 1. The molecule has 0 fully saturated rings. The maximum Gasteiger partial charge on any atom is 0.226 e. The molecule has 0 saturated heterocycles. The third kappa shape index (κ3) is 8.25. The number of aliphatic imine (C=N–C) groups is 1. The van der Waals surface area contributed by atoms with Gasteiger partial charge in [-0.3, -0.25) is 4.79 Å². The normalized spacial score (nSPS) is 11.1. The summed E-state index contributed by atoms with van der Waals surface area (Å²) >= 11 is 1.68. The number of hydrogen-bond acceptors (Lipinski definition) is 4. The largest absolute Gasteiger partial charge is 0.357 e. The van der Waals surface area contributed by atoms with Gasteiger partial charge in [-0.1, -0.05) is 26.0 Å². The highest BCUT2D eigenvalue weighted by Crippen LogP contribution is 2.12. The minimum absolute atomic E-state index is 0. The molecule has 0 spiro atoms. The zero-order chi connectivity index (χ0) is 18.9. The Balaban J connectivity index is 0.00000364. The first-order chi connectivity index (χ1) is 12.5. The Morgan fingerprint density at radius 2 is 1.93 bits per heavy atom. The van der Waals surface area contributed by atoms with E-state index in [9.17, 15) is 4.79 Å². The van der Waals surface area contributed by atoms with Crippen molar-refractivity contribution in [2.24, 2.45) is 10.9 Å². The molecule has 3 N–H and O–H groups in total. The summed E-state index contributed by atoms with van der Waals surface area (Å²) < 4.78 is 0. The molecular weight excluding hydrogens is 473 g/mol. The predicted molar refractivity (Wildman–Crippen MR) is 124 cm³/mol. The average Bonchev–Trinajstić information content (AvgIpc) is 3.04. The number of aromatic nitrogens is 1.